The normalized spacial score (nSPS) is 11.7. The lowest BCUT2D eigenvalue weighted by atomic mass is 10.3. The molecule has 0 aromatic heterocycles. The minimum absolute atomic E-state index is 0.251. The van der Waals surface area contributed by atoms with E-state index in [4.69, 9.17) is 5.11 Å². The highest BCUT2D eigenvalue weighted by Crippen LogP contribution is 2.55. The quantitative estimate of drug-likeness (QED) is 0.360. The lowest BCUT2D eigenvalue weighted by Gasteiger charge is -2.26. The Balaban J connectivity index is 2.13. The van der Waals surface area contributed by atoms with Crippen molar-refractivity contribution in [1.82, 2.24) is 0 Å². The average molecular weight is 361 g/mol. The molecule has 0 heterocycles. The predicted molar refractivity (Wildman–Crippen MR) is 115 cm³/mol. The molecule has 0 saturated heterocycles. The Bertz CT molecular complexity index is 701. The number of aliphatic hydroxyl groups excluding tert-OH is 1. The van der Waals surface area contributed by atoms with Crippen LogP contribution in [0.25, 0.3) is 0 Å². The largest absolute Gasteiger partial charge is 0.396 e. The Morgan fingerprint density at radius 3 is 1.42 bits per heavy atom. The van der Waals surface area contributed by atoms with Crippen molar-refractivity contribution in [1.29, 1.82) is 0 Å². The standard InChI is InChI=1S/C24H26OP/c25-20-12-1-2-13-21-26(22-14-6-3-7-15-22,23-16-8-4-9-17-23)24-18-10-5-11-19-24/h2-11,13-19,25H,1,12,20-21H2/q+1/b13-2+. The smallest absolute Gasteiger partial charge is 0.115 e. The molecular formula is C24H26OP+. The Kier molecular flexibility index (Phi) is 6.77. The molecule has 0 radical (unpaired) electrons. The maximum absolute atomic E-state index is 9.03. The molecule has 0 atom stereocenters. The van der Waals surface area contributed by atoms with Crippen LogP contribution in [0, 0.1) is 0 Å². The molecule has 3 rings (SSSR count). The first kappa shape index (κ1) is 18.6. The Morgan fingerprint density at radius 2 is 1.04 bits per heavy atom. The lowest BCUT2D eigenvalue weighted by Crippen LogP contribution is -2.32. The topological polar surface area (TPSA) is 20.2 Å². The zero-order valence-corrected chi connectivity index (χ0v) is 15.9. The van der Waals surface area contributed by atoms with Crippen LogP contribution >= 0.6 is 7.26 Å². The van der Waals surface area contributed by atoms with Crippen molar-refractivity contribution in [2.75, 3.05) is 12.8 Å². The van der Waals surface area contributed by atoms with Crippen molar-refractivity contribution in [2.45, 2.75) is 12.8 Å². The fraction of sp³-hybridized carbons (Fsp3) is 0.167. The molecule has 0 aliphatic rings. The highest BCUT2D eigenvalue weighted by Gasteiger charge is 2.43. The van der Waals surface area contributed by atoms with Crippen LogP contribution in [-0.2, 0) is 0 Å². The number of aliphatic hydroxyl groups is 1. The summed E-state index contributed by atoms with van der Waals surface area (Å²) in [6.07, 6.45) is 7.28. The van der Waals surface area contributed by atoms with Crippen LogP contribution in [-0.4, -0.2) is 17.9 Å². The van der Waals surface area contributed by atoms with E-state index in [2.05, 4.69) is 103 Å². The van der Waals surface area contributed by atoms with Gasteiger partial charge >= 0.3 is 0 Å². The fourth-order valence-corrected chi connectivity index (χ4v) is 7.41. The van der Waals surface area contributed by atoms with Gasteiger partial charge in [-0.25, -0.2) is 0 Å². The number of allylic oxidation sites excluding steroid dienone is 2. The third kappa shape index (κ3) is 4.12. The second-order valence-corrected chi connectivity index (χ2v) is 9.87. The molecule has 132 valence electrons. The van der Waals surface area contributed by atoms with Gasteiger partial charge in [-0.3, -0.25) is 0 Å². The summed E-state index contributed by atoms with van der Waals surface area (Å²) >= 11 is 0. The van der Waals surface area contributed by atoms with Gasteiger partial charge in [-0.15, -0.1) is 0 Å². The molecule has 26 heavy (non-hydrogen) atoms. The highest BCUT2D eigenvalue weighted by atomic mass is 31.2. The number of hydrogen-bond donors (Lipinski definition) is 1. The van der Waals surface area contributed by atoms with Crippen LogP contribution in [0.1, 0.15) is 12.8 Å². The monoisotopic (exact) mass is 361 g/mol. The van der Waals surface area contributed by atoms with Crippen molar-refractivity contribution in [2.24, 2.45) is 0 Å². The van der Waals surface area contributed by atoms with Gasteiger partial charge in [0.15, 0.2) is 0 Å². The first-order valence-corrected chi connectivity index (χ1v) is 11.2. The summed E-state index contributed by atoms with van der Waals surface area (Å²) in [6.45, 7) is 0.251. The van der Waals surface area contributed by atoms with Crippen LogP contribution in [0.5, 0.6) is 0 Å². The van der Waals surface area contributed by atoms with Gasteiger partial charge in [0.2, 0.25) is 0 Å². The van der Waals surface area contributed by atoms with E-state index < -0.39 is 7.26 Å². The third-order valence-corrected chi connectivity index (χ3v) is 8.96. The number of benzene rings is 3. The van der Waals surface area contributed by atoms with E-state index >= 15 is 0 Å². The van der Waals surface area contributed by atoms with Crippen molar-refractivity contribution >= 4 is 23.2 Å². The second-order valence-electron chi connectivity index (χ2n) is 6.34. The molecular weight excluding hydrogens is 335 g/mol. The third-order valence-electron chi connectivity index (χ3n) is 4.67. The minimum Gasteiger partial charge on any atom is -0.396 e. The van der Waals surface area contributed by atoms with Crippen LogP contribution in [0.3, 0.4) is 0 Å². The van der Waals surface area contributed by atoms with Crippen LogP contribution in [0.2, 0.25) is 0 Å². The van der Waals surface area contributed by atoms with Gasteiger partial charge < -0.3 is 5.11 Å². The first-order valence-electron chi connectivity index (χ1n) is 9.19. The van der Waals surface area contributed by atoms with Gasteiger partial charge in [0, 0.05) is 6.61 Å². The van der Waals surface area contributed by atoms with E-state index in [1.165, 1.54) is 15.9 Å². The second kappa shape index (κ2) is 9.48. The first-order chi connectivity index (χ1) is 12.9. The predicted octanol–water partition coefficient (Wildman–Crippen LogP) is 4.31. The van der Waals surface area contributed by atoms with E-state index in [1.54, 1.807) is 0 Å². The van der Waals surface area contributed by atoms with Gasteiger partial charge in [-0.2, -0.15) is 0 Å². The summed E-state index contributed by atoms with van der Waals surface area (Å²) in [7, 11) is -1.75. The Labute approximate surface area is 157 Å². The van der Waals surface area contributed by atoms with Gasteiger partial charge in [0.25, 0.3) is 0 Å². The minimum atomic E-state index is -1.75. The number of rotatable bonds is 8. The van der Waals surface area contributed by atoms with E-state index in [0.717, 1.165) is 19.0 Å². The summed E-state index contributed by atoms with van der Waals surface area (Å²) in [6, 6.07) is 32.8. The summed E-state index contributed by atoms with van der Waals surface area (Å²) < 4.78 is 0. The molecule has 3 aromatic rings. The van der Waals surface area contributed by atoms with Crippen LogP contribution < -0.4 is 15.9 Å². The molecule has 0 amide bonds. The van der Waals surface area contributed by atoms with Gasteiger partial charge in [0.1, 0.15) is 23.2 Å². The molecule has 0 aliphatic heterocycles. The summed E-state index contributed by atoms with van der Waals surface area (Å²) in [4.78, 5) is 0. The van der Waals surface area contributed by atoms with Gasteiger partial charge in [0.05, 0.1) is 6.16 Å². The molecule has 0 unspecified atom stereocenters. The number of hydrogen-bond acceptors (Lipinski definition) is 1. The molecule has 0 fully saturated rings. The molecule has 0 aliphatic carbocycles. The van der Waals surface area contributed by atoms with E-state index in [0.29, 0.717) is 0 Å². The summed E-state index contributed by atoms with van der Waals surface area (Å²) in [5.41, 5.74) is 0. The van der Waals surface area contributed by atoms with Gasteiger partial charge in [-0.1, -0.05) is 66.7 Å². The molecule has 3 aromatic carbocycles. The van der Waals surface area contributed by atoms with E-state index in [1.807, 2.05) is 0 Å². The van der Waals surface area contributed by atoms with Crippen LogP contribution in [0.4, 0.5) is 0 Å². The van der Waals surface area contributed by atoms with Gasteiger partial charge in [-0.05, 0) is 49.2 Å². The highest BCUT2D eigenvalue weighted by molar-refractivity contribution is 7.95. The zero-order valence-electron chi connectivity index (χ0n) is 15.0. The van der Waals surface area contributed by atoms with Crippen molar-refractivity contribution in [3.05, 3.63) is 103 Å². The Morgan fingerprint density at radius 1 is 0.615 bits per heavy atom. The Hall–Kier alpha value is -2.21. The fourth-order valence-electron chi connectivity index (χ4n) is 3.37. The SMILES string of the molecule is OCCC/C=C/C[P+](c1ccccc1)(c1ccccc1)c1ccccc1. The maximum Gasteiger partial charge on any atom is 0.115 e. The average Bonchev–Trinajstić information content (AvgIpc) is 2.73. The van der Waals surface area contributed by atoms with Crippen molar-refractivity contribution in [3.8, 4) is 0 Å². The van der Waals surface area contributed by atoms with E-state index in [9.17, 15) is 0 Å². The van der Waals surface area contributed by atoms with Crippen molar-refractivity contribution in [3.63, 3.8) is 0 Å². The van der Waals surface area contributed by atoms with Crippen LogP contribution in [0.15, 0.2) is 103 Å². The summed E-state index contributed by atoms with van der Waals surface area (Å²) in [5, 5.41) is 13.3. The molecule has 2 heteroatoms. The molecule has 0 spiro atoms. The van der Waals surface area contributed by atoms with E-state index in [-0.39, 0.29) is 6.61 Å². The maximum atomic E-state index is 9.03. The summed E-state index contributed by atoms with van der Waals surface area (Å²) in [5.74, 6) is 0. The lowest BCUT2D eigenvalue weighted by molar-refractivity contribution is 0.289. The molecule has 1 nitrogen and oxygen atoms in total. The molecule has 1 N–H and O–H groups in total. The molecule has 0 bridgehead atoms. The van der Waals surface area contributed by atoms with Crippen molar-refractivity contribution < 1.29 is 5.11 Å². The molecule has 0 saturated carbocycles. The zero-order chi connectivity index (χ0) is 18.1. The number of unbranched alkanes of at least 4 members (excludes halogenated alkanes) is 1.